The average Bonchev–Trinajstić information content (AvgIpc) is 2.88. The molecule has 0 spiro atoms. The summed E-state index contributed by atoms with van der Waals surface area (Å²) in [4.78, 5) is 27.0. The molecule has 8 nitrogen and oxygen atoms in total. The van der Waals surface area contributed by atoms with E-state index in [1.165, 1.54) is 5.56 Å². The molecule has 2 aliphatic rings. The minimum Gasteiger partial charge on any atom is -0.466 e. The number of amides is 1. The number of nitrogens with one attached hydrogen (secondary N) is 2. The number of esters is 1. The maximum atomic E-state index is 13.9. The third-order valence-electron chi connectivity index (χ3n) is 7.31. The van der Waals surface area contributed by atoms with Crippen molar-refractivity contribution in [1.82, 2.24) is 4.72 Å². The van der Waals surface area contributed by atoms with Crippen LogP contribution in [0.15, 0.2) is 47.4 Å². The average molecular weight is 542 g/mol. The van der Waals surface area contributed by atoms with E-state index < -0.39 is 15.4 Å². The summed E-state index contributed by atoms with van der Waals surface area (Å²) in [6.45, 7) is 8.64. The topological polar surface area (TPSA) is 105 Å². The van der Waals surface area contributed by atoms with Crippen molar-refractivity contribution in [3.8, 4) is 0 Å². The molecule has 1 aliphatic heterocycles. The summed E-state index contributed by atoms with van der Waals surface area (Å²) in [5, 5.41) is 2.87. The van der Waals surface area contributed by atoms with Crippen LogP contribution in [0, 0.1) is 11.3 Å². The van der Waals surface area contributed by atoms with Crippen molar-refractivity contribution >= 4 is 33.3 Å². The Kier molecular flexibility index (Phi) is 8.47. The van der Waals surface area contributed by atoms with Crippen molar-refractivity contribution in [3.63, 3.8) is 0 Å². The fourth-order valence-corrected chi connectivity index (χ4v) is 6.63. The second-order valence-corrected chi connectivity index (χ2v) is 12.8. The van der Waals surface area contributed by atoms with Gasteiger partial charge in [0.15, 0.2) is 0 Å². The highest BCUT2D eigenvalue weighted by Gasteiger charge is 2.32. The molecule has 0 radical (unpaired) electrons. The Morgan fingerprint density at radius 2 is 1.76 bits per heavy atom. The van der Waals surface area contributed by atoms with Crippen molar-refractivity contribution in [2.24, 2.45) is 11.3 Å². The number of hydrogen-bond donors (Lipinski definition) is 2. The molecule has 0 saturated carbocycles. The summed E-state index contributed by atoms with van der Waals surface area (Å²) in [6, 6.07) is 12.7. The number of carbonyl (C=O) groups is 2. The van der Waals surface area contributed by atoms with Gasteiger partial charge >= 0.3 is 5.97 Å². The van der Waals surface area contributed by atoms with E-state index in [4.69, 9.17) is 4.74 Å². The van der Waals surface area contributed by atoms with Crippen molar-refractivity contribution in [1.29, 1.82) is 0 Å². The minimum atomic E-state index is -3.95. The van der Waals surface area contributed by atoms with Gasteiger partial charge in [0.05, 0.1) is 18.2 Å². The first-order chi connectivity index (χ1) is 18.0. The van der Waals surface area contributed by atoms with Gasteiger partial charge in [0.25, 0.3) is 0 Å². The van der Waals surface area contributed by atoms with E-state index in [9.17, 15) is 18.0 Å². The Hall–Kier alpha value is -2.91. The van der Waals surface area contributed by atoms with Gasteiger partial charge in [-0.15, -0.1) is 0 Å². The van der Waals surface area contributed by atoms with E-state index in [1.807, 2.05) is 43.9 Å². The molecule has 2 N–H and O–H groups in total. The number of piperidine rings is 1. The van der Waals surface area contributed by atoms with Gasteiger partial charge in [0.2, 0.25) is 15.9 Å². The van der Waals surface area contributed by atoms with Crippen molar-refractivity contribution in [3.05, 3.63) is 53.6 Å². The summed E-state index contributed by atoms with van der Waals surface area (Å²) >= 11 is 0. The van der Waals surface area contributed by atoms with Crippen LogP contribution in [0.3, 0.4) is 0 Å². The lowest BCUT2D eigenvalue weighted by molar-refractivity contribution is -0.148. The summed E-state index contributed by atoms with van der Waals surface area (Å²) in [5.74, 6) is -0.579. The number of rotatable bonds is 7. The molecule has 1 fully saturated rings. The summed E-state index contributed by atoms with van der Waals surface area (Å²) in [5.41, 5.74) is 2.55. The number of benzene rings is 2. The predicted molar refractivity (Wildman–Crippen MR) is 149 cm³/mol. The number of ether oxygens (including phenoxy) is 1. The number of nitrogens with zero attached hydrogens (tertiary/aromatic N) is 1. The van der Waals surface area contributed by atoms with Crippen LogP contribution in [-0.4, -0.2) is 40.0 Å². The number of sulfonamides is 1. The largest absolute Gasteiger partial charge is 0.466 e. The molecule has 2 aromatic carbocycles. The molecule has 38 heavy (non-hydrogen) atoms. The van der Waals surface area contributed by atoms with Crippen LogP contribution < -0.4 is 14.9 Å². The van der Waals surface area contributed by atoms with Crippen LogP contribution >= 0.6 is 0 Å². The Bertz CT molecular complexity index is 1280. The zero-order valence-electron chi connectivity index (χ0n) is 22.7. The van der Waals surface area contributed by atoms with E-state index in [0.29, 0.717) is 43.9 Å². The van der Waals surface area contributed by atoms with Gasteiger partial charge in [-0.2, -0.15) is 0 Å². The van der Waals surface area contributed by atoms with Crippen LogP contribution in [0.25, 0.3) is 0 Å². The standard InChI is InChI=1S/C29H39N3O5S/c1-5-37-27(33)21-15-17-32(18-16-21)25-14-13-22(30-28(34)29(2,3)4)19-26(25)38(35,36)31-24-12-8-10-20-9-6-7-11-23(20)24/h6-7,9,11,13-14,19,21,24,31H,5,8,10,12,15-18H2,1-4H3,(H,30,34)/t24-/m0/s1. The van der Waals surface area contributed by atoms with Gasteiger partial charge in [0, 0.05) is 30.2 Å². The molecule has 9 heteroatoms. The summed E-state index contributed by atoms with van der Waals surface area (Å²) in [7, 11) is -3.95. The SMILES string of the molecule is CCOC(=O)C1CCN(c2ccc(NC(=O)C(C)(C)C)cc2S(=O)(=O)N[C@H]2CCCc3ccccc32)CC1. The third kappa shape index (κ3) is 6.38. The lowest BCUT2D eigenvalue weighted by Gasteiger charge is -2.34. The van der Waals surface area contributed by atoms with Gasteiger partial charge in [-0.1, -0.05) is 45.0 Å². The monoisotopic (exact) mass is 541 g/mol. The molecule has 4 rings (SSSR count). The van der Waals surface area contributed by atoms with E-state index in [1.54, 1.807) is 25.1 Å². The molecular formula is C29H39N3O5S. The summed E-state index contributed by atoms with van der Waals surface area (Å²) < 4.78 is 36.0. The van der Waals surface area contributed by atoms with Gasteiger partial charge < -0.3 is 15.0 Å². The number of fused-ring (bicyclic) bond motifs is 1. The van der Waals surface area contributed by atoms with Crippen molar-refractivity contribution in [2.75, 3.05) is 29.9 Å². The molecule has 1 aliphatic carbocycles. The number of carbonyl (C=O) groups excluding carboxylic acids is 2. The Morgan fingerprint density at radius 3 is 2.45 bits per heavy atom. The number of aryl methyl sites for hydroxylation is 1. The molecule has 1 atom stereocenters. The van der Waals surface area contributed by atoms with Crippen LogP contribution in [0.5, 0.6) is 0 Å². The molecule has 1 heterocycles. The second-order valence-electron chi connectivity index (χ2n) is 11.2. The van der Waals surface area contributed by atoms with Gasteiger partial charge in [-0.3, -0.25) is 9.59 Å². The summed E-state index contributed by atoms with van der Waals surface area (Å²) in [6.07, 6.45) is 3.73. The minimum absolute atomic E-state index is 0.127. The fourth-order valence-electron chi connectivity index (χ4n) is 5.13. The Labute approximate surface area is 226 Å². The van der Waals surface area contributed by atoms with E-state index in [-0.39, 0.29) is 28.7 Å². The first-order valence-electron chi connectivity index (χ1n) is 13.5. The molecule has 1 amide bonds. The zero-order chi connectivity index (χ0) is 27.5. The fraction of sp³-hybridized carbons (Fsp3) is 0.517. The maximum absolute atomic E-state index is 13.9. The highest BCUT2D eigenvalue weighted by Crippen LogP contribution is 2.35. The molecular weight excluding hydrogens is 502 g/mol. The van der Waals surface area contributed by atoms with Crippen LogP contribution in [0.1, 0.15) is 70.5 Å². The molecule has 1 saturated heterocycles. The Morgan fingerprint density at radius 1 is 1.05 bits per heavy atom. The van der Waals surface area contributed by atoms with Gasteiger partial charge in [-0.05, 0) is 68.4 Å². The van der Waals surface area contributed by atoms with Crippen molar-refractivity contribution in [2.45, 2.75) is 70.7 Å². The van der Waals surface area contributed by atoms with E-state index in [0.717, 1.165) is 24.8 Å². The molecule has 0 aromatic heterocycles. The highest BCUT2D eigenvalue weighted by molar-refractivity contribution is 7.89. The zero-order valence-corrected chi connectivity index (χ0v) is 23.6. The lowest BCUT2D eigenvalue weighted by atomic mass is 9.88. The molecule has 206 valence electrons. The van der Waals surface area contributed by atoms with E-state index >= 15 is 0 Å². The van der Waals surface area contributed by atoms with Crippen LogP contribution in [-0.2, 0) is 30.8 Å². The van der Waals surface area contributed by atoms with Crippen LogP contribution in [0.4, 0.5) is 11.4 Å². The van der Waals surface area contributed by atoms with E-state index in [2.05, 4.69) is 16.1 Å². The lowest BCUT2D eigenvalue weighted by Crippen LogP contribution is -2.38. The number of hydrogen-bond acceptors (Lipinski definition) is 6. The normalized spacial score (nSPS) is 18.5. The number of anilines is 2. The first kappa shape index (κ1) is 28.1. The quantitative estimate of drug-likeness (QED) is 0.488. The van der Waals surface area contributed by atoms with Crippen LogP contribution in [0.2, 0.25) is 0 Å². The molecule has 2 aromatic rings. The third-order valence-corrected chi connectivity index (χ3v) is 8.81. The second kappa shape index (κ2) is 11.5. The first-order valence-corrected chi connectivity index (χ1v) is 14.9. The maximum Gasteiger partial charge on any atom is 0.309 e. The Balaban J connectivity index is 1.65. The van der Waals surface area contributed by atoms with Crippen molar-refractivity contribution < 1.29 is 22.7 Å². The highest BCUT2D eigenvalue weighted by atomic mass is 32.2. The molecule has 0 unspecified atom stereocenters. The van der Waals surface area contributed by atoms with Gasteiger partial charge in [-0.25, -0.2) is 13.1 Å². The predicted octanol–water partition coefficient (Wildman–Crippen LogP) is 4.81. The smallest absolute Gasteiger partial charge is 0.309 e. The molecule has 0 bridgehead atoms. The van der Waals surface area contributed by atoms with Gasteiger partial charge in [0.1, 0.15) is 4.90 Å².